The molecule has 17 heteroatoms. The molecule has 46 heavy (non-hydrogen) atoms. The van der Waals surface area contributed by atoms with Crippen LogP contribution in [0.1, 0.15) is 24.3 Å². The van der Waals surface area contributed by atoms with E-state index in [1.54, 1.807) is 6.08 Å². The van der Waals surface area contributed by atoms with Crippen molar-refractivity contribution in [2.45, 2.75) is 28.5 Å². The third kappa shape index (κ3) is 4.02. The number of hydrogen-bond acceptors (Lipinski definition) is 10. The van der Waals surface area contributed by atoms with Gasteiger partial charge in [-0.15, -0.1) is 23.2 Å². The van der Waals surface area contributed by atoms with Crippen molar-refractivity contribution in [2.75, 3.05) is 30.9 Å². The average molecular weight is 693 g/mol. The molecular weight excluding hydrogens is 669 g/mol. The van der Waals surface area contributed by atoms with E-state index in [1.807, 2.05) is 0 Å². The lowest BCUT2D eigenvalue weighted by Gasteiger charge is -2.50. The summed E-state index contributed by atoms with van der Waals surface area (Å²) in [5.41, 5.74) is -1.62. The van der Waals surface area contributed by atoms with Gasteiger partial charge >= 0.3 is 11.4 Å². The summed E-state index contributed by atoms with van der Waals surface area (Å²) in [7, 11) is 3.98. The Bertz CT molecular complexity index is 1810. The minimum absolute atomic E-state index is 0.0460. The van der Waals surface area contributed by atoms with E-state index in [-0.39, 0.29) is 40.6 Å². The number of anilines is 2. The molecule has 0 aromatic heterocycles. The first-order valence-corrected chi connectivity index (χ1v) is 15.0. The minimum atomic E-state index is -2.15. The molecule has 0 spiro atoms. The van der Waals surface area contributed by atoms with Crippen LogP contribution in [0, 0.1) is 38.0 Å². The monoisotopic (exact) mass is 691 g/mol. The first-order chi connectivity index (χ1) is 21.5. The molecular formula is C29H24Cl3N5O9. The van der Waals surface area contributed by atoms with Crippen molar-refractivity contribution < 1.29 is 34.1 Å². The third-order valence-corrected chi connectivity index (χ3v) is 11.1. The van der Waals surface area contributed by atoms with Crippen LogP contribution in [0.2, 0.25) is 5.02 Å². The Balaban J connectivity index is 1.52. The molecule has 1 saturated carbocycles. The van der Waals surface area contributed by atoms with E-state index in [2.05, 4.69) is 0 Å². The molecule has 2 aliphatic heterocycles. The summed E-state index contributed by atoms with van der Waals surface area (Å²) < 4.78 is 0. The van der Waals surface area contributed by atoms with Crippen LogP contribution in [0.3, 0.4) is 0 Å². The van der Waals surface area contributed by atoms with Crippen LogP contribution in [0.15, 0.2) is 42.0 Å². The van der Waals surface area contributed by atoms with Gasteiger partial charge in [0.2, 0.25) is 11.8 Å². The van der Waals surface area contributed by atoms with E-state index in [0.717, 1.165) is 17.0 Å². The zero-order valence-corrected chi connectivity index (χ0v) is 26.5. The largest absolute Gasteiger partial charge is 0.508 e. The minimum Gasteiger partial charge on any atom is -0.508 e. The summed E-state index contributed by atoms with van der Waals surface area (Å²) in [6.45, 7) is 0. The number of nitro groups is 2. The van der Waals surface area contributed by atoms with E-state index >= 15 is 0 Å². The number of allylic oxidation sites excluding steroid dienone is 2. The molecule has 6 atom stereocenters. The number of fused-ring (bicyclic) bond motifs is 4. The maximum atomic E-state index is 14.3. The van der Waals surface area contributed by atoms with E-state index < -0.39 is 78.3 Å². The molecule has 2 heterocycles. The molecule has 240 valence electrons. The molecule has 1 N–H and O–H groups in total. The van der Waals surface area contributed by atoms with Gasteiger partial charge in [-0.05, 0) is 37.0 Å². The van der Waals surface area contributed by atoms with E-state index in [1.165, 1.54) is 44.2 Å². The number of aromatic hydroxyl groups is 1. The van der Waals surface area contributed by atoms with Crippen LogP contribution < -0.4 is 9.80 Å². The highest BCUT2D eigenvalue weighted by Crippen LogP contribution is 2.66. The van der Waals surface area contributed by atoms with Crippen molar-refractivity contribution in [1.29, 1.82) is 0 Å². The number of alkyl halides is 2. The van der Waals surface area contributed by atoms with Gasteiger partial charge in [0.15, 0.2) is 15.4 Å². The number of likely N-dealkylation sites (tertiary alicyclic amines) is 1. The van der Waals surface area contributed by atoms with Crippen LogP contribution in [0.4, 0.5) is 22.7 Å². The molecule has 0 radical (unpaired) electrons. The predicted octanol–water partition coefficient (Wildman–Crippen LogP) is 4.12. The van der Waals surface area contributed by atoms with Crippen LogP contribution in [0.25, 0.3) is 0 Å². The standard InChI is InChI=1S/C29H24Cl3N5O9/c1-33(2)23-18(36(43)44)9-13(10-19(23)37(45)46)35-24(39)15-6-5-14-17(21(15)25(35)40)11-28(31)26(41)34(3)27(42)29(28,32)22(14)16-8-12(30)4-7-20(16)38/h4-5,7-10,15,17,21-22,38H,6,11H2,1-3H3. The van der Waals surface area contributed by atoms with Gasteiger partial charge in [-0.25, -0.2) is 4.90 Å². The summed E-state index contributed by atoms with van der Waals surface area (Å²) in [6, 6.07) is 5.94. The Hall–Kier alpha value is -4.27. The number of imide groups is 2. The fourth-order valence-electron chi connectivity index (χ4n) is 7.56. The smallest absolute Gasteiger partial charge is 0.301 e. The highest BCUT2D eigenvalue weighted by Gasteiger charge is 2.76. The summed E-state index contributed by atoms with van der Waals surface area (Å²) in [4.78, 5) is 76.1. The molecule has 2 saturated heterocycles. The Morgan fingerprint density at radius 2 is 1.57 bits per heavy atom. The number of carbonyl (C=O) groups excluding carboxylic acids is 4. The number of amides is 4. The van der Waals surface area contributed by atoms with Gasteiger partial charge < -0.3 is 10.0 Å². The number of rotatable bonds is 5. The van der Waals surface area contributed by atoms with Crippen molar-refractivity contribution in [1.82, 2.24) is 4.90 Å². The zero-order chi connectivity index (χ0) is 33.8. The molecule has 0 bridgehead atoms. The SMILES string of the molecule is CN1C(=O)C2(Cl)CC3C(=CCC4C(=O)N(c5cc([N+](=O)[O-])c(N(C)C)c([N+](=O)[O-])c5)C(=O)C43)C(c3cc(Cl)ccc3O)C2(Cl)C1=O. The summed E-state index contributed by atoms with van der Waals surface area (Å²) in [6.07, 6.45) is 1.24. The van der Waals surface area contributed by atoms with Crippen molar-refractivity contribution in [3.05, 3.63) is 72.8 Å². The molecule has 4 amide bonds. The summed E-state index contributed by atoms with van der Waals surface area (Å²) in [5.74, 6) is -7.99. The van der Waals surface area contributed by atoms with E-state index in [9.17, 15) is 44.5 Å². The molecule has 2 aromatic carbocycles. The molecule has 6 unspecified atom stereocenters. The maximum absolute atomic E-state index is 14.3. The quantitative estimate of drug-likeness (QED) is 0.157. The Morgan fingerprint density at radius 3 is 2.13 bits per heavy atom. The van der Waals surface area contributed by atoms with Gasteiger partial charge in [0.25, 0.3) is 11.8 Å². The molecule has 2 aromatic rings. The van der Waals surface area contributed by atoms with E-state index in [0.29, 0.717) is 10.5 Å². The number of benzene rings is 2. The second kappa shape index (κ2) is 10.4. The summed E-state index contributed by atoms with van der Waals surface area (Å²) >= 11 is 20.5. The number of nitrogens with zero attached hydrogens (tertiary/aromatic N) is 5. The lowest BCUT2D eigenvalue weighted by atomic mass is 9.56. The Kier molecular flexibility index (Phi) is 7.15. The second-order valence-electron chi connectivity index (χ2n) is 12.0. The Morgan fingerprint density at radius 1 is 0.957 bits per heavy atom. The average Bonchev–Trinajstić information content (AvgIpc) is 3.32. The zero-order valence-electron chi connectivity index (χ0n) is 24.3. The number of carbonyl (C=O) groups is 4. The Labute approximate surface area is 275 Å². The fourth-order valence-corrected chi connectivity index (χ4v) is 8.75. The number of phenols is 1. The highest BCUT2D eigenvalue weighted by molar-refractivity contribution is 6.53. The number of halogens is 3. The van der Waals surface area contributed by atoms with Crippen molar-refractivity contribution in [3.8, 4) is 5.75 Å². The first-order valence-electron chi connectivity index (χ1n) is 13.9. The fraction of sp³-hybridized carbons (Fsp3) is 0.379. The first kappa shape index (κ1) is 31.7. The molecule has 6 rings (SSSR count). The lowest BCUT2D eigenvalue weighted by Crippen LogP contribution is -2.60. The highest BCUT2D eigenvalue weighted by atomic mass is 35.5. The van der Waals surface area contributed by atoms with Gasteiger partial charge in [0.05, 0.1) is 27.4 Å². The normalized spacial score (nSPS) is 30.2. The van der Waals surface area contributed by atoms with Crippen molar-refractivity contribution in [2.24, 2.45) is 17.8 Å². The van der Waals surface area contributed by atoms with Crippen molar-refractivity contribution >= 4 is 81.2 Å². The van der Waals surface area contributed by atoms with Gasteiger partial charge in [-0.3, -0.25) is 44.3 Å². The van der Waals surface area contributed by atoms with Gasteiger partial charge in [-0.1, -0.05) is 23.3 Å². The van der Waals surface area contributed by atoms with Gasteiger partial charge in [0.1, 0.15) is 5.75 Å². The van der Waals surface area contributed by atoms with Crippen LogP contribution >= 0.6 is 34.8 Å². The summed E-state index contributed by atoms with van der Waals surface area (Å²) in [5, 5.41) is 35.1. The maximum Gasteiger partial charge on any atom is 0.301 e. The number of phenolic OH excluding ortho intramolecular Hbond substituents is 1. The number of nitro benzene ring substituents is 2. The predicted molar refractivity (Wildman–Crippen MR) is 165 cm³/mol. The lowest BCUT2D eigenvalue weighted by molar-refractivity contribution is -0.392. The molecule has 3 fully saturated rings. The van der Waals surface area contributed by atoms with Crippen LogP contribution in [0.5, 0.6) is 5.75 Å². The van der Waals surface area contributed by atoms with Crippen LogP contribution in [-0.4, -0.2) is 74.4 Å². The molecule has 2 aliphatic carbocycles. The van der Waals surface area contributed by atoms with Gasteiger partial charge in [-0.2, -0.15) is 0 Å². The van der Waals surface area contributed by atoms with Crippen molar-refractivity contribution in [3.63, 3.8) is 0 Å². The van der Waals surface area contributed by atoms with E-state index in [4.69, 9.17) is 34.8 Å². The third-order valence-electron chi connectivity index (χ3n) is 9.47. The van der Waals surface area contributed by atoms with Crippen LogP contribution in [-0.2, 0) is 19.2 Å². The molecule has 4 aliphatic rings. The topological polar surface area (TPSA) is 185 Å². The van der Waals surface area contributed by atoms with Gasteiger partial charge in [0, 0.05) is 49.8 Å². The molecule has 14 nitrogen and oxygen atoms in total. The second-order valence-corrected chi connectivity index (χ2v) is 13.6. The number of hydrogen-bond donors (Lipinski definition) is 1.